The van der Waals surface area contributed by atoms with Crippen molar-refractivity contribution >= 4 is 45.9 Å². The van der Waals surface area contributed by atoms with Gasteiger partial charge in [0.2, 0.25) is 5.91 Å². The molecule has 0 bridgehead atoms. The molecule has 7 nitrogen and oxygen atoms in total. The number of amides is 1. The van der Waals surface area contributed by atoms with Crippen LogP contribution in [0.1, 0.15) is 35.8 Å². The molecule has 1 saturated heterocycles. The lowest BCUT2D eigenvalue weighted by Crippen LogP contribution is -2.43. The van der Waals surface area contributed by atoms with Crippen LogP contribution in [0.5, 0.6) is 0 Å². The van der Waals surface area contributed by atoms with Crippen LogP contribution < -0.4 is 5.32 Å². The zero-order chi connectivity index (χ0) is 21.8. The molecule has 3 aromatic rings. The lowest BCUT2D eigenvalue weighted by Gasteiger charge is -2.26. The van der Waals surface area contributed by atoms with Gasteiger partial charge in [0.25, 0.3) is 0 Å². The molecule has 2 unspecified atom stereocenters. The molecule has 0 aliphatic carbocycles. The molecule has 0 radical (unpaired) electrons. The Morgan fingerprint density at radius 1 is 1.45 bits per heavy atom. The molecular weight excluding hydrogens is 432 g/mol. The number of nitrogens with one attached hydrogen (secondary N) is 2. The number of likely N-dealkylation sites (tertiary alicyclic amines) is 1. The summed E-state index contributed by atoms with van der Waals surface area (Å²) >= 11 is 2.84. The number of thioether (sulfide) groups is 1. The first-order chi connectivity index (χ1) is 15.0. The van der Waals surface area contributed by atoms with Crippen molar-refractivity contribution in [2.75, 3.05) is 18.8 Å². The molecule has 2 aromatic heterocycles. The molecule has 2 atom stereocenters. The summed E-state index contributed by atoms with van der Waals surface area (Å²) < 4.78 is 0.728. The van der Waals surface area contributed by atoms with Gasteiger partial charge >= 0.3 is 5.97 Å². The standard InChI is InChI=1S/C22H26N4O3S2/c1-14(10-15-11-24-18-5-3-2-4-17(15)18)23-12-16-6-7-20(27)26(16)8-9-30-22-25-19(13-31-22)21(28)29/h2-5,11,13-14,16,23-24H,6-10,12H2,1H3,(H,28,29). The van der Waals surface area contributed by atoms with Gasteiger partial charge in [0.05, 0.1) is 0 Å². The predicted octanol–water partition coefficient (Wildman–Crippen LogP) is 3.63. The first kappa shape index (κ1) is 21.9. The first-order valence-electron chi connectivity index (χ1n) is 10.4. The number of para-hydroxylation sites is 1. The van der Waals surface area contributed by atoms with E-state index in [0.29, 0.717) is 24.8 Å². The van der Waals surface area contributed by atoms with Crippen molar-refractivity contribution in [3.8, 4) is 0 Å². The molecule has 1 fully saturated rings. The van der Waals surface area contributed by atoms with Gasteiger partial charge < -0.3 is 20.3 Å². The molecule has 3 heterocycles. The first-order valence-corrected chi connectivity index (χ1v) is 12.3. The lowest BCUT2D eigenvalue weighted by molar-refractivity contribution is -0.128. The second kappa shape index (κ2) is 9.84. The van der Waals surface area contributed by atoms with E-state index < -0.39 is 5.97 Å². The van der Waals surface area contributed by atoms with Gasteiger partial charge in [0, 0.05) is 59.8 Å². The number of rotatable bonds is 10. The molecule has 1 aliphatic heterocycles. The summed E-state index contributed by atoms with van der Waals surface area (Å²) in [5.74, 6) is -0.104. The van der Waals surface area contributed by atoms with Gasteiger partial charge in [-0.05, 0) is 31.4 Å². The number of carbonyl (C=O) groups excluding carboxylic acids is 1. The van der Waals surface area contributed by atoms with E-state index >= 15 is 0 Å². The van der Waals surface area contributed by atoms with E-state index in [1.807, 2.05) is 11.0 Å². The molecule has 1 aliphatic rings. The molecular formula is C22H26N4O3S2. The number of aromatic carboxylic acids is 1. The summed E-state index contributed by atoms with van der Waals surface area (Å²) in [6.45, 7) is 3.61. The van der Waals surface area contributed by atoms with E-state index in [-0.39, 0.29) is 17.6 Å². The largest absolute Gasteiger partial charge is 0.476 e. The van der Waals surface area contributed by atoms with Crippen LogP contribution in [0.3, 0.4) is 0 Å². The molecule has 164 valence electrons. The lowest BCUT2D eigenvalue weighted by atomic mass is 10.1. The highest BCUT2D eigenvalue weighted by atomic mass is 32.2. The van der Waals surface area contributed by atoms with Gasteiger partial charge in [0.15, 0.2) is 10.0 Å². The fraction of sp³-hybridized carbons (Fsp3) is 0.409. The average molecular weight is 459 g/mol. The van der Waals surface area contributed by atoms with Gasteiger partial charge in [-0.25, -0.2) is 9.78 Å². The SMILES string of the molecule is CC(Cc1c[nH]c2ccccc12)NCC1CCC(=O)N1CCSc1nc(C(=O)O)cs1. The Hall–Kier alpha value is -2.36. The Kier molecular flexibility index (Phi) is 6.94. The summed E-state index contributed by atoms with van der Waals surface area (Å²) in [7, 11) is 0. The van der Waals surface area contributed by atoms with Gasteiger partial charge in [0.1, 0.15) is 0 Å². The number of fused-ring (bicyclic) bond motifs is 1. The minimum absolute atomic E-state index is 0.0796. The van der Waals surface area contributed by atoms with Crippen LogP contribution in [0.4, 0.5) is 0 Å². The third-order valence-electron chi connectivity index (χ3n) is 5.62. The summed E-state index contributed by atoms with van der Waals surface area (Å²) in [6, 6.07) is 8.83. The van der Waals surface area contributed by atoms with E-state index in [4.69, 9.17) is 5.11 Å². The van der Waals surface area contributed by atoms with Crippen LogP contribution in [0, 0.1) is 0 Å². The van der Waals surface area contributed by atoms with Crippen LogP contribution >= 0.6 is 23.1 Å². The Balaban J connectivity index is 1.26. The summed E-state index contributed by atoms with van der Waals surface area (Å²) in [5, 5.41) is 15.4. The maximum Gasteiger partial charge on any atom is 0.355 e. The maximum atomic E-state index is 12.4. The second-order valence-electron chi connectivity index (χ2n) is 7.80. The van der Waals surface area contributed by atoms with Crippen molar-refractivity contribution in [2.24, 2.45) is 0 Å². The third-order valence-corrected chi connectivity index (χ3v) is 7.62. The number of carbonyl (C=O) groups is 2. The number of carboxylic acid groups (broad SMARTS) is 1. The fourth-order valence-electron chi connectivity index (χ4n) is 4.01. The van der Waals surface area contributed by atoms with Crippen LogP contribution in [-0.2, 0) is 11.2 Å². The summed E-state index contributed by atoms with van der Waals surface area (Å²) in [6.07, 6.45) is 4.47. The molecule has 0 spiro atoms. The van der Waals surface area contributed by atoms with Crippen LogP contribution in [0.25, 0.3) is 10.9 Å². The third kappa shape index (κ3) is 5.28. The molecule has 4 rings (SSSR count). The van der Waals surface area contributed by atoms with E-state index in [2.05, 4.69) is 46.6 Å². The van der Waals surface area contributed by atoms with Crippen LogP contribution in [0.2, 0.25) is 0 Å². The maximum absolute atomic E-state index is 12.4. The highest BCUT2D eigenvalue weighted by Gasteiger charge is 2.30. The van der Waals surface area contributed by atoms with E-state index in [1.165, 1.54) is 34.0 Å². The number of thiazole rings is 1. The smallest absolute Gasteiger partial charge is 0.355 e. The normalized spacial score (nSPS) is 17.5. The monoisotopic (exact) mass is 458 g/mol. The number of nitrogens with zero attached hydrogens (tertiary/aromatic N) is 2. The van der Waals surface area contributed by atoms with Crippen molar-refractivity contribution in [1.29, 1.82) is 0 Å². The predicted molar refractivity (Wildman–Crippen MR) is 124 cm³/mol. The van der Waals surface area contributed by atoms with E-state index in [1.54, 1.807) is 5.38 Å². The molecule has 0 saturated carbocycles. The quantitative estimate of drug-likeness (QED) is 0.402. The zero-order valence-corrected chi connectivity index (χ0v) is 19.0. The number of H-pyrrole nitrogens is 1. The molecule has 1 amide bonds. The molecule has 1 aromatic carbocycles. The van der Waals surface area contributed by atoms with Gasteiger partial charge in [-0.1, -0.05) is 30.0 Å². The highest BCUT2D eigenvalue weighted by molar-refractivity contribution is 8.01. The Labute approximate surface area is 189 Å². The Bertz CT molecular complexity index is 1060. The molecule has 3 N–H and O–H groups in total. The molecule has 31 heavy (non-hydrogen) atoms. The van der Waals surface area contributed by atoms with E-state index in [9.17, 15) is 9.59 Å². The number of aromatic amines is 1. The average Bonchev–Trinajstić information content (AvgIpc) is 3.47. The van der Waals surface area contributed by atoms with Gasteiger partial charge in [-0.2, -0.15) is 0 Å². The van der Waals surface area contributed by atoms with E-state index in [0.717, 1.165) is 29.2 Å². The van der Waals surface area contributed by atoms with Crippen LogP contribution in [0.15, 0.2) is 40.2 Å². The minimum atomic E-state index is -1.01. The molecule has 9 heteroatoms. The topological polar surface area (TPSA) is 98.3 Å². The fourth-order valence-corrected chi connectivity index (χ4v) is 5.81. The van der Waals surface area contributed by atoms with Crippen molar-refractivity contribution in [2.45, 2.75) is 42.6 Å². The number of aromatic nitrogens is 2. The number of carboxylic acids is 1. The van der Waals surface area contributed by atoms with Crippen molar-refractivity contribution in [3.05, 3.63) is 47.1 Å². The van der Waals surface area contributed by atoms with Gasteiger partial charge in [-0.3, -0.25) is 4.79 Å². The minimum Gasteiger partial charge on any atom is -0.476 e. The zero-order valence-electron chi connectivity index (χ0n) is 17.3. The van der Waals surface area contributed by atoms with Crippen LogP contribution in [-0.4, -0.2) is 62.8 Å². The van der Waals surface area contributed by atoms with Gasteiger partial charge in [-0.15, -0.1) is 11.3 Å². The number of hydrogen-bond acceptors (Lipinski definition) is 6. The number of hydrogen-bond donors (Lipinski definition) is 3. The second-order valence-corrected chi connectivity index (χ2v) is 10.0. The van der Waals surface area contributed by atoms with Crippen molar-refractivity contribution in [1.82, 2.24) is 20.2 Å². The Morgan fingerprint density at radius 3 is 3.10 bits per heavy atom. The van der Waals surface area contributed by atoms with Crippen molar-refractivity contribution in [3.63, 3.8) is 0 Å². The summed E-state index contributed by atoms with van der Waals surface area (Å²) in [5.41, 5.74) is 2.54. The number of benzene rings is 1. The summed E-state index contributed by atoms with van der Waals surface area (Å²) in [4.78, 5) is 32.7. The Morgan fingerprint density at radius 2 is 2.29 bits per heavy atom. The van der Waals surface area contributed by atoms with Crippen molar-refractivity contribution < 1.29 is 14.7 Å². The highest BCUT2D eigenvalue weighted by Crippen LogP contribution is 2.25.